The zero-order chi connectivity index (χ0) is 50.9. The molecule has 1 aliphatic carbocycles. The first-order valence-electron chi connectivity index (χ1n) is 25.6. The van der Waals surface area contributed by atoms with Gasteiger partial charge in [-0.2, -0.15) is 9.97 Å². The highest BCUT2D eigenvalue weighted by Crippen LogP contribution is 2.47. The second kappa shape index (κ2) is 19.0. The molecule has 6 aromatic rings. The number of aromatic nitrogens is 3. The van der Waals surface area contributed by atoms with Crippen LogP contribution in [-0.2, 0) is 4.74 Å². The van der Waals surface area contributed by atoms with Crippen molar-refractivity contribution in [1.82, 2.24) is 19.9 Å². The van der Waals surface area contributed by atoms with Gasteiger partial charge in [-0.15, -0.1) is 5.54 Å². The number of anilines is 1. The lowest BCUT2D eigenvalue weighted by Crippen LogP contribution is -2.43. The Morgan fingerprint density at radius 3 is 2.27 bits per heavy atom. The van der Waals surface area contributed by atoms with Crippen LogP contribution in [0.3, 0.4) is 0 Å². The summed E-state index contributed by atoms with van der Waals surface area (Å²) in [6.07, 6.45) is 0.868. The Bertz CT molecular complexity index is 3090. The maximum atomic E-state index is 18.5. The molecule has 4 fully saturated rings. The molecular formula is C56H60F4N6O3Si. The summed E-state index contributed by atoms with van der Waals surface area (Å²) in [6, 6.07) is 22.8. The smallest absolute Gasteiger partial charge is 0.319 e. The van der Waals surface area contributed by atoms with Crippen molar-refractivity contribution in [1.29, 1.82) is 0 Å². The van der Waals surface area contributed by atoms with Crippen LogP contribution in [0.2, 0.25) is 16.6 Å². The average molecular weight is 971 g/mol. The molecule has 9 nitrogen and oxygen atoms in total. The van der Waals surface area contributed by atoms with Gasteiger partial charge in [-0.05, 0) is 72.4 Å². The van der Waals surface area contributed by atoms with Gasteiger partial charge < -0.3 is 19.1 Å². The molecule has 0 amide bonds. The molecule has 70 heavy (non-hydrogen) atoms. The number of rotatable bonds is 12. The number of ether oxygens (including phenoxy) is 3. The number of pyridine rings is 1. The molecule has 10 rings (SSSR count). The van der Waals surface area contributed by atoms with E-state index in [4.69, 9.17) is 29.2 Å². The monoisotopic (exact) mass is 970 g/mol. The number of aliphatic imine (C=N–C) groups is 1. The zero-order valence-corrected chi connectivity index (χ0v) is 41.8. The predicted molar refractivity (Wildman–Crippen MR) is 271 cm³/mol. The summed E-state index contributed by atoms with van der Waals surface area (Å²) >= 11 is 0. The highest BCUT2D eigenvalue weighted by atomic mass is 28.3. The number of methoxy groups -OCH3 is 1. The third-order valence-electron chi connectivity index (χ3n) is 15.1. The number of nitrogens with zero attached hydrogens (tertiary/aromatic N) is 6. The van der Waals surface area contributed by atoms with Crippen molar-refractivity contribution in [3.8, 4) is 34.6 Å². The maximum Gasteiger partial charge on any atom is 0.319 e. The van der Waals surface area contributed by atoms with Gasteiger partial charge in [0.2, 0.25) is 5.88 Å². The van der Waals surface area contributed by atoms with Crippen molar-refractivity contribution in [3.05, 3.63) is 113 Å². The summed E-state index contributed by atoms with van der Waals surface area (Å²) in [5, 5.41) is 0.426. The fourth-order valence-corrected chi connectivity index (χ4v) is 16.9. The lowest BCUT2D eigenvalue weighted by molar-refractivity contribution is 0.107. The first-order chi connectivity index (χ1) is 34.5. The van der Waals surface area contributed by atoms with E-state index in [1.54, 1.807) is 17.0 Å². The normalized spacial score (nSPS) is 21.9. The quantitative estimate of drug-likeness (QED) is 0.0519. The van der Waals surface area contributed by atoms with Gasteiger partial charge in [0.05, 0.1) is 44.5 Å². The molecule has 14 heteroatoms. The van der Waals surface area contributed by atoms with Gasteiger partial charge in [0.15, 0.2) is 17.5 Å². The van der Waals surface area contributed by atoms with Crippen molar-refractivity contribution in [2.45, 2.75) is 114 Å². The second-order valence-electron chi connectivity index (χ2n) is 20.2. The van der Waals surface area contributed by atoms with Crippen LogP contribution in [0.5, 0.6) is 11.9 Å². The van der Waals surface area contributed by atoms with Crippen molar-refractivity contribution in [2.24, 2.45) is 4.99 Å². The topological polar surface area (TPSA) is 85.2 Å². The number of hydrogen-bond acceptors (Lipinski definition) is 9. The molecule has 0 bridgehead atoms. The summed E-state index contributed by atoms with van der Waals surface area (Å²) < 4.78 is 104. The molecule has 3 aliphatic heterocycles. The molecule has 5 heterocycles. The molecular weight excluding hydrogens is 909 g/mol. The molecule has 4 atom stereocenters. The van der Waals surface area contributed by atoms with Crippen LogP contribution in [0.25, 0.3) is 32.9 Å². The summed E-state index contributed by atoms with van der Waals surface area (Å²) in [5.74, 6) is 0.0436. The molecule has 364 valence electrons. The van der Waals surface area contributed by atoms with E-state index in [9.17, 15) is 2.74 Å². The van der Waals surface area contributed by atoms with Gasteiger partial charge in [-0.25, -0.2) is 27.5 Å². The van der Waals surface area contributed by atoms with E-state index >= 15 is 17.6 Å². The van der Waals surface area contributed by atoms with E-state index in [1.165, 1.54) is 7.11 Å². The first kappa shape index (κ1) is 45.3. The highest BCUT2D eigenvalue weighted by molar-refractivity contribution is 6.90. The Labute approximate surface area is 411 Å². The SMILES string of the molecule is [2H]C([2H])(Oc1nc(N2CCCO[C@H]3C[C@H]32)c2c(OC)nc(-c3cc(N=C(c4ccccc4)c4ccccc4)cc4cc(F)c(F)c(C#C[Si](C(C)C)(C(C)C)C(C)C)c34)c(F)c2n1)[C@@]12CCCN1C[C@H](F)C2. The van der Waals surface area contributed by atoms with Crippen LogP contribution in [0.15, 0.2) is 83.9 Å². The van der Waals surface area contributed by atoms with Gasteiger partial charge in [0, 0.05) is 48.2 Å². The number of fused-ring (bicyclic) bond motifs is 4. The van der Waals surface area contributed by atoms with Crippen LogP contribution in [-0.4, -0.2) is 97.4 Å². The standard InChI is InChI=1S/C56H60F4N6O3Si/c1-33(2)70(34(3)4,35(5)6)25-20-41-46-38(27-43(58)48(41)59)26-40(61-50(36-16-10-8-11-17-36)37-18-12-9-13-19-37)28-42(46)51-49(60)52-47(54(62-51)67-7)53(66-23-15-24-68-45-29-44(45)66)64-55(63-52)69-32-56-21-14-22-65(56)31-39(57)30-56/h8-13,16-19,26-28,33-35,39,44-45H,14-15,21-24,29-32H2,1-7H3/t39-,44-,45+,56+/m1/s1/i32D2. The molecule has 0 N–H and O–H groups in total. The predicted octanol–water partition coefficient (Wildman–Crippen LogP) is 12.3. The lowest BCUT2D eigenvalue weighted by atomic mass is 9.94. The van der Waals surface area contributed by atoms with Crippen molar-refractivity contribution in [3.63, 3.8) is 0 Å². The van der Waals surface area contributed by atoms with Crippen LogP contribution in [0, 0.1) is 28.9 Å². The van der Waals surface area contributed by atoms with Crippen LogP contribution >= 0.6 is 0 Å². The van der Waals surface area contributed by atoms with Crippen LogP contribution < -0.4 is 14.4 Å². The summed E-state index contributed by atoms with van der Waals surface area (Å²) in [5.41, 5.74) is 4.36. The lowest BCUT2D eigenvalue weighted by Gasteiger charge is -2.38. The molecule has 4 aliphatic rings. The van der Waals surface area contributed by atoms with E-state index in [0.717, 1.165) is 17.2 Å². The maximum absolute atomic E-state index is 18.5. The Hall–Kier alpha value is -5.88. The second-order valence-corrected chi connectivity index (χ2v) is 25.7. The fraction of sp³-hybridized carbons (Fsp3) is 0.429. The Balaban J connectivity index is 1.27. The van der Waals surface area contributed by atoms with Crippen LogP contribution in [0.1, 0.15) is 93.1 Å². The van der Waals surface area contributed by atoms with E-state index in [-0.39, 0.29) is 97.6 Å². The summed E-state index contributed by atoms with van der Waals surface area (Å²) in [7, 11) is -1.17. The molecule has 4 aromatic carbocycles. The highest BCUT2D eigenvalue weighted by Gasteiger charge is 2.50. The van der Waals surface area contributed by atoms with Crippen LogP contribution in [0.4, 0.5) is 29.1 Å². The zero-order valence-electron chi connectivity index (χ0n) is 42.8. The molecule has 3 saturated heterocycles. The fourth-order valence-electron chi connectivity index (χ4n) is 11.7. The van der Waals surface area contributed by atoms with E-state index < -0.39 is 49.8 Å². The largest absolute Gasteiger partial charge is 0.480 e. The molecule has 2 aromatic heterocycles. The Morgan fingerprint density at radius 2 is 1.60 bits per heavy atom. The van der Waals surface area contributed by atoms with E-state index in [2.05, 4.69) is 58.0 Å². The average Bonchev–Trinajstić information content (AvgIpc) is 3.94. The van der Waals surface area contributed by atoms with Gasteiger partial charge in [0.25, 0.3) is 0 Å². The third-order valence-corrected chi connectivity index (χ3v) is 21.4. The molecule has 0 radical (unpaired) electrons. The Morgan fingerprint density at radius 1 is 0.900 bits per heavy atom. The molecule has 0 unspecified atom stereocenters. The summed E-state index contributed by atoms with van der Waals surface area (Å²) in [4.78, 5) is 23.4. The van der Waals surface area contributed by atoms with Crippen molar-refractivity contribution < 1.29 is 34.5 Å². The number of alkyl halides is 1. The van der Waals surface area contributed by atoms with Gasteiger partial charge in [0.1, 0.15) is 43.2 Å². The minimum atomic E-state index is -2.56. The third kappa shape index (κ3) is 8.51. The van der Waals surface area contributed by atoms with E-state index in [1.807, 2.05) is 65.6 Å². The number of benzene rings is 4. The van der Waals surface area contributed by atoms with Crippen molar-refractivity contribution in [2.75, 3.05) is 44.8 Å². The minimum Gasteiger partial charge on any atom is -0.480 e. The van der Waals surface area contributed by atoms with Gasteiger partial charge in [-0.3, -0.25) is 4.90 Å². The van der Waals surface area contributed by atoms with Gasteiger partial charge >= 0.3 is 6.01 Å². The van der Waals surface area contributed by atoms with E-state index in [0.29, 0.717) is 51.1 Å². The molecule has 0 spiro atoms. The molecule has 1 saturated carbocycles. The number of hydrogen-bond donors (Lipinski definition) is 0. The number of halogens is 4. The minimum absolute atomic E-state index is 0.0438. The summed E-state index contributed by atoms with van der Waals surface area (Å²) in [6.45, 7) is 11.8. The Kier molecular flexibility index (Phi) is 12.3. The van der Waals surface area contributed by atoms with Crippen molar-refractivity contribution >= 4 is 47.0 Å². The van der Waals surface area contributed by atoms with Gasteiger partial charge in [-0.1, -0.05) is 108 Å². The first-order valence-corrected chi connectivity index (χ1v) is 26.8.